The van der Waals surface area contributed by atoms with Crippen LogP contribution < -0.4 is 10.6 Å². The van der Waals surface area contributed by atoms with E-state index >= 15 is 0 Å². The minimum absolute atomic E-state index is 0.161. The molecular formula is C13H13N3O2. The first-order valence-corrected chi connectivity index (χ1v) is 5.43. The summed E-state index contributed by atoms with van der Waals surface area (Å²) in [6.45, 7) is 0. The summed E-state index contributed by atoms with van der Waals surface area (Å²) in [7, 11) is 1.74. The maximum atomic E-state index is 11.9. The van der Waals surface area contributed by atoms with Crippen molar-refractivity contribution in [2.24, 2.45) is 0 Å². The number of nitrogens with one attached hydrogen (secondary N) is 2. The van der Waals surface area contributed by atoms with Crippen molar-refractivity contribution in [1.29, 1.82) is 0 Å². The van der Waals surface area contributed by atoms with Crippen LogP contribution in [-0.2, 0) is 0 Å². The van der Waals surface area contributed by atoms with Gasteiger partial charge < -0.3 is 15.7 Å². The van der Waals surface area contributed by atoms with Gasteiger partial charge in [0, 0.05) is 24.5 Å². The molecule has 1 amide bonds. The van der Waals surface area contributed by atoms with E-state index in [1.165, 1.54) is 12.1 Å². The number of nitrogens with zero attached hydrogens (tertiary/aromatic N) is 1. The molecule has 0 aliphatic rings. The maximum Gasteiger partial charge on any atom is 0.255 e. The number of hydrogen-bond donors (Lipinski definition) is 3. The third kappa shape index (κ3) is 2.76. The van der Waals surface area contributed by atoms with Crippen LogP contribution in [0.1, 0.15) is 10.4 Å². The molecule has 1 aromatic heterocycles. The average molecular weight is 243 g/mol. The SMILES string of the molecule is CNc1cc(C(=O)Nc2ccc(O)cc2)ccn1. The van der Waals surface area contributed by atoms with E-state index in [2.05, 4.69) is 15.6 Å². The molecule has 0 bridgehead atoms. The van der Waals surface area contributed by atoms with Gasteiger partial charge in [-0.2, -0.15) is 0 Å². The Balaban J connectivity index is 2.14. The number of amides is 1. The summed E-state index contributed by atoms with van der Waals surface area (Å²) in [5.74, 6) is 0.572. The van der Waals surface area contributed by atoms with Crippen molar-refractivity contribution >= 4 is 17.4 Å². The molecule has 2 rings (SSSR count). The summed E-state index contributed by atoms with van der Waals surface area (Å²) < 4.78 is 0. The topological polar surface area (TPSA) is 74.2 Å². The molecule has 0 spiro atoms. The number of phenols is 1. The van der Waals surface area contributed by atoms with Gasteiger partial charge in [-0.25, -0.2) is 4.98 Å². The lowest BCUT2D eigenvalue weighted by molar-refractivity contribution is 0.102. The van der Waals surface area contributed by atoms with E-state index in [4.69, 9.17) is 5.11 Å². The fourth-order valence-electron chi connectivity index (χ4n) is 1.46. The lowest BCUT2D eigenvalue weighted by atomic mass is 10.2. The quantitative estimate of drug-likeness (QED) is 0.721. The summed E-state index contributed by atoms with van der Waals surface area (Å²) >= 11 is 0. The molecule has 0 aliphatic carbocycles. The van der Waals surface area contributed by atoms with Gasteiger partial charge in [-0.3, -0.25) is 4.79 Å². The number of anilines is 2. The van der Waals surface area contributed by atoms with Crippen LogP contribution in [0.3, 0.4) is 0 Å². The second-order valence-corrected chi connectivity index (χ2v) is 3.68. The number of phenolic OH excluding ortho intramolecular Hbond substituents is 1. The van der Waals surface area contributed by atoms with E-state index in [1.807, 2.05) is 0 Å². The second-order valence-electron chi connectivity index (χ2n) is 3.68. The highest BCUT2D eigenvalue weighted by molar-refractivity contribution is 6.04. The van der Waals surface area contributed by atoms with Crippen molar-refractivity contribution in [3.8, 4) is 5.75 Å². The van der Waals surface area contributed by atoms with E-state index in [0.29, 0.717) is 17.1 Å². The normalized spacial score (nSPS) is 9.83. The van der Waals surface area contributed by atoms with Crippen LogP contribution in [0.25, 0.3) is 0 Å². The first kappa shape index (κ1) is 11.9. The number of rotatable bonds is 3. The molecule has 5 nitrogen and oxygen atoms in total. The predicted octanol–water partition coefficient (Wildman–Crippen LogP) is 2.08. The first-order valence-electron chi connectivity index (χ1n) is 5.43. The van der Waals surface area contributed by atoms with Crippen molar-refractivity contribution in [3.05, 3.63) is 48.2 Å². The molecule has 0 radical (unpaired) electrons. The zero-order chi connectivity index (χ0) is 13.0. The number of aromatic nitrogens is 1. The molecule has 1 heterocycles. The van der Waals surface area contributed by atoms with Gasteiger partial charge >= 0.3 is 0 Å². The minimum Gasteiger partial charge on any atom is -0.508 e. The van der Waals surface area contributed by atoms with E-state index in [1.54, 1.807) is 37.5 Å². The lowest BCUT2D eigenvalue weighted by Gasteiger charge is -2.06. The fraction of sp³-hybridized carbons (Fsp3) is 0.0769. The van der Waals surface area contributed by atoms with Crippen LogP contribution in [-0.4, -0.2) is 23.0 Å². The Morgan fingerprint density at radius 3 is 2.61 bits per heavy atom. The van der Waals surface area contributed by atoms with Gasteiger partial charge in [0.2, 0.25) is 0 Å². The molecule has 0 unspecified atom stereocenters. The Morgan fingerprint density at radius 1 is 1.22 bits per heavy atom. The molecule has 0 saturated heterocycles. The highest BCUT2D eigenvalue weighted by Crippen LogP contribution is 2.15. The molecule has 5 heteroatoms. The van der Waals surface area contributed by atoms with Crippen LogP contribution in [0.2, 0.25) is 0 Å². The van der Waals surface area contributed by atoms with Gasteiger partial charge in [0.05, 0.1) is 0 Å². The van der Waals surface area contributed by atoms with Gasteiger partial charge in [0.1, 0.15) is 11.6 Å². The number of carbonyl (C=O) groups is 1. The van der Waals surface area contributed by atoms with Gasteiger partial charge in [0.25, 0.3) is 5.91 Å². The fourth-order valence-corrected chi connectivity index (χ4v) is 1.46. The molecule has 0 saturated carbocycles. The molecule has 0 fully saturated rings. The Kier molecular flexibility index (Phi) is 3.43. The van der Waals surface area contributed by atoms with Gasteiger partial charge in [-0.15, -0.1) is 0 Å². The summed E-state index contributed by atoms with van der Waals surface area (Å²) in [5.41, 5.74) is 1.14. The number of aromatic hydroxyl groups is 1. The van der Waals surface area contributed by atoms with E-state index in [-0.39, 0.29) is 11.7 Å². The second kappa shape index (κ2) is 5.18. The monoisotopic (exact) mass is 243 g/mol. The summed E-state index contributed by atoms with van der Waals surface area (Å²) in [5, 5.41) is 14.7. The van der Waals surface area contributed by atoms with Gasteiger partial charge in [-0.05, 0) is 36.4 Å². The largest absolute Gasteiger partial charge is 0.508 e. The third-order valence-corrected chi connectivity index (χ3v) is 2.40. The standard InChI is InChI=1S/C13H13N3O2/c1-14-12-8-9(6-7-15-12)13(18)16-10-2-4-11(17)5-3-10/h2-8,17H,1H3,(H,14,15)(H,16,18). The number of carbonyl (C=O) groups excluding carboxylic acids is 1. The maximum absolute atomic E-state index is 11.9. The van der Waals surface area contributed by atoms with E-state index in [9.17, 15) is 4.79 Å². The molecule has 0 aliphatic heterocycles. The van der Waals surface area contributed by atoms with Crippen molar-refractivity contribution in [1.82, 2.24) is 4.98 Å². The molecule has 2 aromatic rings. The predicted molar refractivity (Wildman–Crippen MR) is 69.8 cm³/mol. The zero-order valence-corrected chi connectivity index (χ0v) is 9.84. The molecule has 92 valence electrons. The third-order valence-electron chi connectivity index (χ3n) is 2.40. The van der Waals surface area contributed by atoms with Gasteiger partial charge in [-0.1, -0.05) is 0 Å². The Morgan fingerprint density at radius 2 is 1.94 bits per heavy atom. The first-order chi connectivity index (χ1) is 8.69. The lowest BCUT2D eigenvalue weighted by Crippen LogP contribution is -2.12. The highest BCUT2D eigenvalue weighted by atomic mass is 16.3. The van der Waals surface area contributed by atoms with Crippen LogP contribution in [0.5, 0.6) is 5.75 Å². The minimum atomic E-state index is -0.223. The molecule has 0 atom stereocenters. The average Bonchev–Trinajstić information content (AvgIpc) is 2.41. The number of pyridine rings is 1. The van der Waals surface area contributed by atoms with Crippen LogP contribution >= 0.6 is 0 Å². The van der Waals surface area contributed by atoms with Crippen molar-refractivity contribution in [2.45, 2.75) is 0 Å². The van der Waals surface area contributed by atoms with Crippen LogP contribution in [0.15, 0.2) is 42.6 Å². The summed E-state index contributed by atoms with van der Waals surface area (Å²) in [4.78, 5) is 16.0. The van der Waals surface area contributed by atoms with Crippen LogP contribution in [0.4, 0.5) is 11.5 Å². The molecule has 18 heavy (non-hydrogen) atoms. The molecule has 1 aromatic carbocycles. The van der Waals surface area contributed by atoms with Gasteiger partial charge in [0.15, 0.2) is 0 Å². The summed E-state index contributed by atoms with van der Waals surface area (Å²) in [6.07, 6.45) is 1.57. The summed E-state index contributed by atoms with van der Waals surface area (Å²) in [6, 6.07) is 9.59. The number of benzene rings is 1. The molecule has 3 N–H and O–H groups in total. The molecular weight excluding hydrogens is 230 g/mol. The Labute approximate surface area is 104 Å². The van der Waals surface area contributed by atoms with E-state index in [0.717, 1.165) is 0 Å². The van der Waals surface area contributed by atoms with Crippen molar-refractivity contribution in [2.75, 3.05) is 17.7 Å². The van der Waals surface area contributed by atoms with Crippen LogP contribution in [0, 0.1) is 0 Å². The van der Waals surface area contributed by atoms with Crippen molar-refractivity contribution in [3.63, 3.8) is 0 Å². The zero-order valence-electron chi connectivity index (χ0n) is 9.84. The smallest absolute Gasteiger partial charge is 0.255 e. The Bertz CT molecular complexity index is 552. The number of hydrogen-bond acceptors (Lipinski definition) is 4. The van der Waals surface area contributed by atoms with Crippen molar-refractivity contribution < 1.29 is 9.90 Å². The van der Waals surface area contributed by atoms with E-state index < -0.39 is 0 Å². The highest BCUT2D eigenvalue weighted by Gasteiger charge is 2.06. The Hall–Kier alpha value is -2.56.